The molecule has 6 rings (SSSR count). The Morgan fingerprint density at radius 2 is 1.97 bits per heavy atom. The Balaban J connectivity index is 1.28. The molecule has 5 aromatic rings. The Morgan fingerprint density at radius 1 is 1.14 bits per heavy atom. The summed E-state index contributed by atoms with van der Waals surface area (Å²) in [6.07, 6.45) is 7.43. The van der Waals surface area contributed by atoms with Crippen LogP contribution in [0.2, 0.25) is 0 Å². The molecule has 37 heavy (non-hydrogen) atoms. The number of ether oxygens (including phenoxy) is 2. The van der Waals surface area contributed by atoms with Gasteiger partial charge in [-0.3, -0.25) is 4.79 Å². The fourth-order valence-corrected chi connectivity index (χ4v) is 6.87. The van der Waals surface area contributed by atoms with Crippen LogP contribution in [-0.2, 0) is 19.4 Å². The van der Waals surface area contributed by atoms with Gasteiger partial charge in [-0.05, 0) is 87.9 Å². The van der Waals surface area contributed by atoms with Crippen molar-refractivity contribution in [2.24, 2.45) is 5.10 Å². The van der Waals surface area contributed by atoms with E-state index in [1.165, 1.54) is 33.1 Å². The number of hydrogen-bond donors (Lipinski definition) is 0. The Kier molecular flexibility index (Phi) is 6.69. The van der Waals surface area contributed by atoms with Crippen molar-refractivity contribution >= 4 is 61.1 Å². The van der Waals surface area contributed by atoms with Gasteiger partial charge < -0.3 is 9.47 Å². The average molecular weight is 622 g/mol. The number of rotatable bonds is 6. The molecule has 0 saturated heterocycles. The molecule has 1 aliphatic rings. The summed E-state index contributed by atoms with van der Waals surface area (Å²) in [6, 6.07) is 18.3. The van der Waals surface area contributed by atoms with Crippen LogP contribution in [0.4, 0.5) is 0 Å². The smallest absolute Gasteiger partial charge is 0.282 e. The van der Waals surface area contributed by atoms with E-state index in [9.17, 15) is 4.79 Å². The van der Waals surface area contributed by atoms with Crippen molar-refractivity contribution in [1.82, 2.24) is 9.66 Å². The molecule has 2 heterocycles. The van der Waals surface area contributed by atoms with Crippen LogP contribution < -0.4 is 15.0 Å². The van der Waals surface area contributed by atoms with Crippen molar-refractivity contribution in [2.45, 2.75) is 32.3 Å². The first-order chi connectivity index (χ1) is 18.1. The van der Waals surface area contributed by atoms with E-state index < -0.39 is 0 Å². The van der Waals surface area contributed by atoms with Gasteiger partial charge in [0.2, 0.25) is 0 Å². The van der Waals surface area contributed by atoms with Crippen molar-refractivity contribution in [3.8, 4) is 11.5 Å². The minimum Gasteiger partial charge on any atom is -0.493 e. The Hall–Kier alpha value is -3.24. The van der Waals surface area contributed by atoms with Crippen LogP contribution >= 0.6 is 33.9 Å². The molecular formula is C29H24IN3O3S. The number of halogens is 1. The second kappa shape index (κ2) is 10.3. The van der Waals surface area contributed by atoms with E-state index in [1.54, 1.807) is 24.7 Å². The number of aromatic nitrogens is 2. The van der Waals surface area contributed by atoms with Gasteiger partial charge in [-0.15, -0.1) is 11.3 Å². The van der Waals surface area contributed by atoms with Gasteiger partial charge in [-0.25, -0.2) is 4.98 Å². The van der Waals surface area contributed by atoms with Crippen molar-refractivity contribution in [2.75, 3.05) is 7.11 Å². The highest BCUT2D eigenvalue weighted by molar-refractivity contribution is 14.1. The maximum absolute atomic E-state index is 13.2. The summed E-state index contributed by atoms with van der Waals surface area (Å²) in [6.45, 7) is 0.424. The largest absolute Gasteiger partial charge is 0.493 e. The Morgan fingerprint density at radius 3 is 2.86 bits per heavy atom. The molecule has 0 fully saturated rings. The number of fused-ring (bicyclic) bond motifs is 4. The van der Waals surface area contributed by atoms with Gasteiger partial charge in [-0.2, -0.15) is 9.78 Å². The lowest BCUT2D eigenvalue weighted by Crippen LogP contribution is -2.18. The standard InChI is InChI=1S/C29H24IN3O3S/c1-35-24-14-18(13-23(30)27(24)36-16-20-9-6-8-19-7-2-3-10-21(19)20)15-32-33-17-31-28-26(29(33)34)22-11-4-5-12-25(22)37-28/h2-3,6-10,13-15,17H,4-5,11-12,16H2,1H3/b32-15-. The van der Waals surface area contributed by atoms with Gasteiger partial charge >= 0.3 is 0 Å². The third-order valence-electron chi connectivity index (χ3n) is 6.69. The molecule has 8 heteroatoms. The highest BCUT2D eigenvalue weighted by Crippen LogP contribution is 2.35. The number of aryl methyl sites for hydroxylation is 2. The van der Waals surface area contributed by atoms with Crippen molar-refractivity contribution < 1.29 is 9.47 Å². The molecule has 0 spiro atoms. The fourth-order valence-electron chi connectivity index (χ4n) is 4.87. The van der Waals surface area contributed by atoms with Crippen LogP contribution in [0.25, 0.3) is 21.0 Å². The Labute approximate surface area is 231 Å². The average Bonchev–Trinajstić information content (AvgIpc) is 3.31. The fraction of sp³-hybridized carbons (Fsp3) is 0.207. The highest BCUT2D eigenvalue weighted by atomic mass is 127. The molecule has 1 aliphatic carbocycles. The lowest BCUT2D eigenvalue weighted by atomic mass is 9.97. The zero-order valence-corrected chi connectivity index (χ0v) is 23.2. The minimum atomic E-state index is -0.114. The maximum atomic E-state index is 13.2. The van der Waals surface area contributed by atoms with Crippen molar-refractivity contribution in [3.63, 3.8) is 0 Å². The summed E-state index contributed by atoms with van der Waals surface area (Å²) in [5.74, 6) is 1.29. The number of hydrogen-bond acceptors (Lipinski definition) is 6. The molecule has 0 unspecified atom stereocenters. The van der Waals surface area contributed by atoms with E-state index in [0.717, 1.165) is 49.7 Å². The third kappa shape index (κ3) is 4.64. The van der Waals surface area contributed by atoms with E-state index in [1.807, 2.05) is 30.3 Å². The summed E-state index contributed by atoms with van der Waals surface area (Å²) in [5.41, 5.74) is 2.96. The van der Waals surface area contributed by atoms with E-state index in [4.69, 9.17) is 9.47 Å². The second-order valence-electron chi connectivity index (χ2n) is 8.99. The quantitative estimate of drug-likeness (QED) is 0.159. The summed E-state index contributed by atoms with van der Waals surface area (Å²) in [5, 5.41) is 7.53. The SMILES string of the molecule is COc1cc(/C=N\n2cnc3sc4c(c3c2=O)CCCC4)cc(I)c1OCc1cccc2ccccc12. The molecule has 0 amide bonds. The molecule has 0 aliphatic heterocycles. The van der Waals surface area contributed by atoms with Crippen LogP contribution in [0.5, 0.6) is 11.5 Å². The molecule has 0 N–H and O–H groups in total. The molecule has 6 nitrogen and oxygen atoms in total. The number of methoxy groups -OCH3 is 1. The maximum Gasteiger partial charge on any atom is 0.282 e. The van der Waals surface area contributed by atoms with Gasteiger partial charge in [0.15, 0.2) is 11.5 Å². The van der Waals surface area contributed by atoms with Crippen LogP contribution in [0, 0.1) is 3.57 Å². The zero-order valence-electron chi connectivity index (χ0n) is 20.2. The van der Waals surface area contributed by atoms with Gasteiger partial charge in [0.25, 0.3) is 5.56 Å². The predicted molar refractivity (Wildman–Crippen MR) is 158 cm³/mol. The van der Waals surface area contributed by atoms with E-state index in [-0.39, 0.29) is 5.56 Å². The third-order valence-corrected chi connectivity index (χ3v) is 8.70. The van der Waals surface area contributed by atoms with Gasteiger partial charge in [0.05, 0.1) is 22.3 Å². The molecule has 3 aromatic carbocycles. The molecule has 2 aromatic heterocycles. The van der Waals surface area contributed by atoms with Crippen LogP contribution in [-0.4, -0.2) is 23.0 Å². The van der Waals surface area contributed by atoms with Crippen LogP contribution in [0.15, 0.2) is 70.8 Å². The molecule has 186 valence electrons. The monoisotopic (exact) mass is 621 g/mol. The Bertz CT molecular complexity index is 1720. The normalized spacial score (nSPS) is 13.4. The molecule has 0 bridgehead atoms. The highest BCUT2D eigenvalue weighted by Gasteiger charge is 2.20. The lowest BCUT2D eigenvalue weighted by molar-refractivity contribution is 0.283. The van der Waals surface area contributed by atoms with Gasteiger partial charge in [0, 0.05) is 4.88 Å². The zero-order chi connectivity index (χ0) is 25.4. The van der Waals surface area contributed by atoms with Crippen LogP contribution in [0.1, 0.15) is 34.4 Å². The first kappa shape index (κ1) is 24.1. The first-order valence-electron chi connectivity index (χ1n) is 12.2. The molecule has 0 atom stereocenters. The summed E-state index contributed by atoms with van der Waals surface area (Å²) >= 11 is 3.89. The minimum absolute atomic E-state index is 0.114. The van der Waals surface area contributed by atoms with E-state index in [2.05, 4.69) is 56.9 Å². The molecule has 0 saturated carbocycles. The molecule has 0 radical (unpaired) electrons. The van der Waals surface area contributed by atoms with Crippen LogP contribution in [0.3, 0.4) is 0 Å². The van der Waals surface area contributed by atoms with Crippen molar-refractivity contribution in [3.05, 3.63) is 96.4 Å². The van der Waals surface area contributed by atoms with E-state index >= 15 is 0 Å². The van der Waals surface area contributed by atoms with E-state index in [0.29, 0.717) is 18.1 Å². The van der Waals surface area contributed by atoms with Gasteiger partial charge in [0.1, 0.15) is 17.8 Å². The number of nitrogens with zero attached hydrogens (tertiary/aromatic N) is 3. The topological polar surface area (TPSA) is 65.7 Å². The summed E-state index contributed by atoms with van der Waals surface area (Å²) in [7, 11) is 1.62. The summed E-state index contributed by atoms with van der Waals surface area (Å²) < 4.78 is 14.1. The summed E-state index contributed by atoms with van der Waals surface area (Å²) in [4.78, 5) is 19.8. The first-order valence-corrected chi connectivity index (χ1v) is 14.0. The van der Waals surface area contributed by atoms with Gasteiger partial charge in [-0.1, -0.05) is 42.5 Å². The second-order valence-corrected chi connectivity index (χ2v) is 11.2. The number of benzene rings is 3. The number of thiophene rings is 1. The lowest BCUT2D eigenvalue weighted by Gasteiger charge is -2.14. The predicted octanol–water partition coefficient (Wildman–Crippen LogP) is 6.56. The van der Waals surface area contributed by atoms with Crippen molar-refractivity contribution in [1.29, 1.82) is 0 Å². The molecular weight excluding hydrogens is 597 g/mol.